The summed E-state index contributed by atoms with van der Waals surface area (Å²) in [7, 11) is 0. The number of carbonyl (C=O) groups is 1. The highest BCUT2D eigenvalue weighted by Gasteiger charge is 2.11. The number of primary amides is 1. The summed E-state index contributed by atoms with van der Waals surface area (Å²) in [5.41, 5.74) is 7.97. The second-order valence-electron chi connectivity index (χ2n) is 5.32. The lowest BCUT2D eigenvalue weighted by molar-refractivity contribution is 0.249. The second kappa shape index (κ2) is 6.10. The monoisotopic (exact) mass is 310 g/mol. The predicted octanol–water partition coefficient (Wildman–Crippen LogP) is 2.03. The van der Waals surface area contributed by atoms with E-state index in [9.17, 15) is 9.59 Å². The van der Waals surface area contributed by atoms with Crippen LogP contribution in [-0.2, 0) is 6.54 Å². The molecular formula is C17H18N4O2. The van der Waals surface area contributed by atoms with Crippen molar-refractivity contribution in [1.29, 1.82) is 0 Å². The van der Waals surface area contributed by atoms with E-state index in [1.807, 2.05) is 18.2 Å². The Balaban J connectivity index is 2.06. The fraction of sp³-hybridized carbons (Fsp3) is 0.176. The second-order valence-corrected chi connectivity index (χ2v) is 5.32. The zero-order valence-corrected chi connectivity index (χ0v) is 12.8. The first-order valence-corrected chi connectivity index (χ1v) is 7.44. The first-order valence-electron chi connectivity index (χ1n) is 7.44. The van der Waals surface area contributed by atoms with Crippen molar-refractivity contribution in [1.82, 2.24) is 14.9 Å². The summed E-state index contributed by atoms with van der Waals surface area (Å²) in [6, 6.07) is 10.5. The van der Waals surface area contributed by atoms with Gasteiger partial charge in [0.25, 0.3) is 5.56 Å². The lowest BCUT2D eigenvalue weighted by Gasteiger charge is -2.02. The largest absolute Gasteiger partial charge is 0.354 e. The third-order valence-electron chi connectivity index (χ3n) is 3.74. The number of benzene rings is 1. The maximum atomic E-state index is 12.3. The molecule has 0 aliphatic carbocycles. The normalized spacial score (nSPS) is 11.0. The molecule has 3 rings (SSSR count). The number of nitrogens with zero attached hydrogens (tertiary/aromatic N) is 1. The molecule has 0 aliphatic heterocycles. The molecule has 23 heavy (non-hydrogen) atoms. The predicted molar refractivity (Wildman–Crippen MR) is 90.4 cm³/mol. The van der Waals surface area contributed by atoms with E-state index in [0.29, 0.717) is 11.3 Å². The van der Waals surface area contributed by atoms with Crippen LogP contribution in [0, 0.1) is 0 Å². The molecule has 0 radical (unpaired) electrons. The molecule has 118 valence electrons. The molecule has 0 unspecified atom stereocenters. The Morgan fingerprint density at radius 3 is 2.87 bits per heavy atom. The van der Waals surface area contributed by atoms with Gasteiger partial charge in [0, 0.05) is 23.6 Å². The van der Waals surface area contributed by atoms with E-state index < -0.39 is 11.6 Å². The van der Waals surface area contributed by atoms with Gasteiger partial charge in [-0.3, -0.25) is 4.79 Å². The number of pyridine rings is 1. The van der Waals surface area contributed by atoms with Crippen molar-refractivity contribution in [2.45, 2.75) is 13.5 Å². The smallest absolute Gasteiger partial charge is 0.325 e. The Labute approximate surface area is 132 Å². The number of nitrogens with two attached hydrogens (primary N) is 1. The van der Waals surface area contributed by atoms with Crippen molar-refractivity contribution in [3.8, 4) is 11.3 Å². The van der Waals surface area contributed by atoms with Crippen LogP contribution in [0.5, 0.6) is 0 Å². The summed E-state index contributed by atoms with van der Waals surface area (Å²) in [5.74, 6) is 0. The molecular weight excluding hydrogens is 292 g/mol. The summed E-state index contributed by atoms with van der Waals surface area (Å²) in [4.78, 5) is 26.8. The molecule has 6 nitrogen and oxygen atoms in total. The highest BCUT2D eigenvalue weighted by Crippen LogP contribution is 2.23. The molecule has 6 heteroatoms. The molecule has 0 bridgehead atoms. The van der Waals surface area contributed by atoms with E-state index >= 15 is 0 Å². The number of rotatable bonds is 4. The molecule has 0 spiro atoms. The van der Waals surface area contributed by atoms with Gasteiger partial charge in [0.15, 0.2) is 0 Å². The minimum Gasteiger partial charge on any atom is -0.354 e. The van der Waals surface area contributed by atoms with Gasteiger partial charge in [-0.05, 0) is 42.4 Å². The fourth-order valence-corrected chi connectivity index (χ4v) is 2.58. The van der Waals surface area contributed by atoms with Crippen LogP contribution in [0.2, 0.25) is 0 Å². The summed E-state index contributed by atoms with van der Waals surface area (Å²) in [6.45, 7) is 3.77. The zero-order valence-electron chi connectivity index (χ0n) is 12.8. The number of nitrogens with one attached hydrogen (secondary N) is 2. The molecule has 1 aromatic carbocycles. The summed E-state index contributed by atoms with van der Waals surface area (Å²) >= 11 is 0. The van der Waals surface area contributed by atoms with Gasteiger partial charge >= 0.3 is 6.03 Å². The summed E-state index contributed by atoms with van der Waals surface area (Å²) < 4.78 is 0.900. The quantitative estimate of drug-likeness (QED) is 0.688. The van der Waals surface area contributed by atoms with E-state index in [0.717, 1.165) is 28.6 Å². The third-order valence-corrected chi connectivity index (χ3v) is 3.74. The molecule has 4 N–H and O–H groups in total. The highest BCUT2D eigenvalue weighted by atomic mass is 16.2. The van der Waals surface area contributed by atoms with Gasteiger partial charge in [-0.25, -0.2) is 9.36 Å². The molecule has 2 heterocycles. The highest BCUT2D eigenvalue weighted by molar-refractivity contribution is 5.86. The van der Waals surface area contributed by atoms with Gasteiger partial charge in [0.1, 0.15) is 0 Å². The number of fused-ring (bicyclic) bond motifs is 1. The van der Waals surface area contributed by atoms with Crippen LogP contribution in [0.3, 0.4) is 0 Å². The lowest BCUT2D eigenvalue weighted by Crippen LogP contribution is -2.31. The maximum absolute atomic E-state index is 12.3. The van der Waals surface area contributed by atoms with Crippen molar-refractivity contribution >= 4 is 16.9 Å². The van der Waals surface area contributed by atoms with Crippen LogP contribution in [0.4, 0.5) is 4.79 Å². The van der Waals surface area contributed by atoms with Crippen LogP contribution < -0.4 is 16.6 Å². The number of hydrogen-bond acceptors (Lipinski definition) is 3. The van der Waals surface area contributed by atoms with Gasteiger partial charge < -0.3 is 16.0 Å². The van der Waals surface area contributed by atoms with E-state index in [4.69, 9.17) is 5.73 Å². The average molecular weight is 310 g/mol. The first-order chi connectivity index (χ1) is 11.1. The van der Waals surface area contributed by atoms with Crippen molar-refractivity contribution in [3.63, 3.8) is 0 Å². The molecule has 2 aromatic heterocycles. The van der Waals surface area contributed by atoms with Gasteiger partial charge in [-0.1, -0.05) is 13.0 Å². The van der Waals surface area contributed by atoms with Crippen molar-refractivity contribution in [2.24, 2.45) is 5.73 Å². The number of H-pyrrole nitrogens is 1. The minimum absolute atomic E-state index is 0.413. The van der Waals surface area contributed by atoms with Gasteiger partial charge in [0.2, 0.25) is 0 Å². The Hall–Kier alpha value is -2.86. The molecule has 0 atom stereocenters. The number of hydrogen-bond donors (Lipinski definition) is 3. The van der Waals surface area contributed by atoms with Gasteiger partial charge in [0.05, 0.1) is 11.3 Å². The molecule has 0 saturated carbocycles. The standard InChI is InChI=1S/C17H18N4O2/c1-2-19-10-11-5-6-14-12(8-11)9-15(20-14)13-4-3-7-21(16(13)22)17(18)23/h3-9,19-20H,2,10H2,1H3,(H2,18,23). The Bertz CT molecular complexity index is 924. The van der Waals surface area contributed by atoms with E-state index in [-0.39, 0.29) is 0 Å². The zero-order chi connectivity index (χ0) is 16.4. The van der Waals surface area contributed by atoms with Crippen LogP contribution in [0.25, 0.3) is 22.2 Å². The van der Waals surface area contributed by atoms with Gasteiger partial charge in [-0.15, -0.1) is 0 Å². The number of amides is 1. The molecule has 3 aromatic rings. The summed E-state index contributed by atoms with van der Waals surface area (Å²) in [6.07, 6.45) is 1.37. The summed E-state index contributed by atoms with van der Waals surface area (Å²) in [5, 5.41) is 4.30. The molecule has 0 saturated heterocycles. The molecule has 1 amide bonds. The van der Waals surface area contributed by atoms with Crippen LogP contribution in [0.1, 0.15) is 12.5 Å². The average Bonchev–Trinajstić information content (AvgIpc) is 2.95. The van der Waals surface area contributed by atoms with Crippen molar-refractivity contribution < 1.29 is 4.79 Å². The SMILES string of the molecule is CCNCc1ccc2[nH]c(-c3cccn(C(N)=O)c3=O)cc2c1. The van der Waals surface area contributed by atoms with Crippen LogP contribution >= 0.6 is 0 Å². The lowest BCUT2D eigenvalue weighted by atomic mass is 10.1. The Morgan fingerprint density at radius 2 is 2.13 bits per heavy atom. The number of aromatic amines is 1. The molecule has 0 fully saturated rings. The Kier molecular flexibility index (Phi) is 3.99. The van der Waals surface area contributed by atoms with Crippen molar-refractivity contribution in [2.75, 3.05) is 6.54 Å². The maximum Gasteiger partial charge on any atom is 0.325 e. The fourth-order valence-electron chi connectivity index (χ4n) is 2.58. The van der Waals surface area contributed by atoms with E-state index in [1.165, 1.54) is 11.8 Å². The Morgan fingerprint density at radius 1 is 1.30 bits per heavy atom. The van der Waals surface area contributed by atoms with Crippen molar-refractivity contribution in [3.05, 3.63) is 58.5 Å². The topological polar surface area (TPSA) is 92.9 Å². The minimum atomic E-state index is -0.791. The molecule has 0 aliphatic rings. The van der Waals surface area contributed by atoms with E-state index in [1.54, 1.807) is 12.1 Å². The van der Waals surface area contributed by atoms with E-state index in [2.05, 4.69) is 23.3 Å². The first kappa shape index (κ1) is 15.1. The number of aromatic nitrogens is 2. The third kappa shape index (κ3) is 2.89. The van der Waals surface area contributed by atoms with Crippen LogP contribution in [0.15, 0.2) is 47.4 Å². The number of carbonyl (C=O) groups excluding carboxylic acids is 1. The van der Waals surface area contributed by atoms with Gasteiger partial charge in [-0.2, -0.15) is 0 Å². The van der Waals surface area contributed by atoms with Crippen LogP contribution in [-0.4, -0.2) is 22.1 Å².